The molecule has 0 radical (unpaired) electrons. The normalized spacial score (nSPS) is 30.9. The molecule has 1 aromatic rings. The van der Waals surface area contributed by atoms with Crippen LogP contribution in [0.4, 0.5) is 0 Å². The van der Waals surface area contributed by atoms with Gasteiger partial charge in [-0.1, -0.05) is 19.4 Å². The lowest BCUT2D eigenvalue weighted by atomic mass is 9.83. The van der Waals surface area contributed by atoms with E-state index in [1.807, 2.05) is 11.3 Å². The standard InChI is InChI=1S/C16H27N3S/c1-2-19(12-14-6-5-11-20-14)16(13-17)8-10-18-9-4-3-7-15(16)18/h5-6,11,15H,2-4,7-10,12-13,17H2,1H3. The third-order valence-corrected chi connectivity index (χ3v) is 6.22. The molecule has 0 amide bonds. The summed E-state index contributed by atoms with van der Waals surface area (Å²) < 4.78 is 0. The second-order valence-corrected chi connectivity index (χ2v) is 7.23. The summed E-state index contributed by atoms with van der Waals surface area (Å²) >= 11 is 1.87. The van der Waals surface area contributed by atoms with Crippen molar-refractivity contribution in [1.29, 1.82) is 0 Å². The van der Waals surface area contributed by atoms with Gasteiger partial charge in [0.25, 0.3) is 0 Å². The van der Waals surface area contributed by atoms with Crippen molar-refractivity contribution in [3.8, 4) is 0 Å². The molecule has 1 aromatic heterocycles. The van der Waals surface area contributed by atoms with E-state index >= 15 is 0 Å². The summed E-state index contributed by atoms with van der Waals surface area (Å²) in [4.78, 5) is 6.83. The molecule has 112 valence electrons. The van der Waals surface area contributed by atoms with Gasteiger partial charge in [-0.2, -0.15) is 0 Å². The molecule has 0 bridgehead atoms. The lowest BCUT2D eigenvalue weighted by molar-refractivity contribution is 0.0359. The number of nitrogens with two attached hydrogens (primary N) is 1. The fourth-order valence-corrected chi connectivity index (χ4v) is 5.00. The average Bonchev–Trinajstić information content (AvgIpc) is 3.13. The highest BCUT2D eigenvalue weighted by atomic mass is 32.1. The quantitative estimate of drug-likeness (QED) is 0.905. The third-order valence-electron chi connectivity index (χ3n) is 5.36. The maximum Gasteiger partial charge on any atom is 0.0502 e. The molecular formula is C16H27N3S. The van der Waals surface area contributed by atoms with Crippen molar-refractivity contribution < 1.29 is 0 Å². The minimum absolute atomic E-state index is 0.208. The number of piperidine rings is 1. The fraction of sp³-hybridized carbons (Fsp3) is 0.750. The molecule has 3 rings (SSSR count). The van der Waals surface area contributed by atoms with Crippen LogP contribution in [-0.2, 0) is 6.54 Å². The van der Waals surface area contributed by atoms with Gasteiger partial charge in [0.15, 0.2) is 0 Å². The van der Waals surface area contributed by atoms with Crippen LogP contribution in [0.2, 0.25) is 0 Å². The van der Waals surface area contributed by atoms with Crippen LogP contribution in [0.1, 0.15) is 37.5 Å². The van der Waals surface area contributed by atoms with E-state index in [2.05, 4.69) is 34.2 Å². The highest BCUT2D eigenvalue weighted by Crippen LogP contribution is 2.39. The van der Waals surface area contributed by atoms with Crippen molar-refractivity contribution in [2.24, 2.45) is 5.73 Å². The maximum absolute atomic E-state index is 6.32. The second kappa shape index (κ2) is 6.14. The Morgan fingerprint density at radius 3 is 3.05 bits per heavy atom. The number of fused-ring (bicyclic) bond motifs is 1. The summed E-state index contributed by atoms with van der Waals surface area (Å²) in [5.41, 5.74) is 6.52. The summed E-state index contributed by atoms with van der Waals surface area (Å²) in [7, 11) is 0. The van der Waals surface area contributed by atoms with Crippen LogP contribution in [0.3, 0.4) is 0 Å². The third kappa shape index (κ3) is 2.43. The molecule has 20 heavy (non-hydrogen) atoms. The molecule has 0 saturated carbocycles. The van der Waals surface area contributed by atoms with E-state index in [0.717, 1.165) is 19.6 Å². The number of rotatable bonds is 5. The van der Waals surface area contributed by atoms with Crippen LogP contribution in [0.15, 0.2) is 17.5 Å². The predicted molar refractivity (Wildman–Crippen MR) is 86.0 cm³/mol. The topological polar surface area (TPSA) is 32.5 Å². The molecule has 2 unspecified atom stereocenters. The largest absolute Gasteiger partial charge is 0.329 e. The van der Waals surface area contributed by atoms with Gasteiger partial charge in [0, 0.05) is 30.6 Å². The molecule has 3 heterocycles. The summed E-state index contributed by atoms with van der Waals surface area (Å²) in [6.45, 7) is 7.77. The van der Waals surface area contributed by atoms with Crippen LogP contribution in [-0.4, -0.2) is 47.6 Å². The Hall–Kier alpha value is -0.420. The lowest BCUT2D eigenvalue weighted by Crippen LogP contribution is -2.61. The number of nitrogens with zero attached hydrogens (tertiary/aromatic N) is 2. The second-order valence-electron chi connectivity index (χ2n) is 6.20. The number of hydrogen-bond donors (Lipinski definition) is 1. The van der Waals surface area contributed by atoms with E-state index in [0.29, 0.717) is 6.04 Å². The zero-order valence-electron chi connectivity index (χ0n) is 12.6. The van der Waals surface area contributed by atoms with Crippen LogP contribution >= 0.6 is 11.3 Å². The summed E-state index contributed by atoms with van der Waals surface area (Å²) in [6, 6.07) is 5.09. The minimum Gasteiger partial charge on any atom is -0.329 e. The Morgan fingerprint density at radius 1 is 1.45 bits per heavy atom. The number of hydrogen-bond acceptors (Lipinski definition) is 4. The molecule has 0 spiro atoms. The van der Waals surface area contributed by atoms with Crippen molar-refractivity contribution in [3.05, 3.63) is 22.4 Å². The number of likely N-dealkylation sites (N-methyl/N-ethyl adjacent to an activating group) is 1. The molecule has 2 atom stereocenters. The average molecular weight is 293 g/mol. The van der Waals surface area contributed by atoms with Gasteiger partial charge in [0.05, 0.1) is 5.54 Å². The van der Waals surface area contributed by atoms with Gasteiger partial charge in [-0.3, -0.25) is 9.80 Å². The van der Waals surface area contributed by atoms with E-state index in [1.165, 1.54) is 43.6 Å². The Bertz CT molecular complexity index is 419. The highest BCUT2D eigenvalue weighted by Gasteiger charge is 2.50. The van der Waals surface area contributed by atoms with Gasteiger partial charge in [-0.05, 0) is 43.8 Å². The first-order valence-corrected chi connectivity index (χ1v) is 8.89. The molecule has 3 nitrogen and oxygen atoms in total. The van der Waals surface area contributed by atoms with Crippen LogP contribution in [0, 0.1) is 0 Å². The first kappa shape index (κ1) is 14.5. The molecule has 2 N–H and O–H groups in total. The Kier molecular flexibility index (Phi) is 4.46. The van der Waals surface area contributed by atoms with Crippen molar-refractivity contribution >= 4 is 11.3 Å². The molecule has 0 aromatic carbocycles. The van der Waals surface area contributed by atoms with Gasteiger partial charge in [-0.25, -0.2) is 0 Å². The smallest absolute Gasteiger partial charge is 0.0502 e. The zero-order valence-corrected chi connectivity index (χ0v) is 13.4. The first-order chi connectivity index (χ1) is 9.80. The summed E-state index contributed by atoms with van der Waals surface area (Å²) in [6.07, 6.45) is 5.32. The molecule has 0 aliphatic carbocycles. The van der Waals surface area contributed by atoms with Crippen molar-refractivity contribution in [2.75, 3.05) is 26.2 Å². The van der Waals surface area contributed by atoms with Crippen LogP contribution in [0.5, 0.6) is 0 Å². The Labute approximate surface area is 126 Å². The summed E-state index contributed by atoms with van der Waals surface area (Å²) in [5, 5.41) is 2.18. The van der Waals surface area contributed by atoms with Crippen LogP contribution < -0.4 is 5.73 Å². The van der Waals surface area contributed by atoms with Gasteiger partial charge in [0.1, 0.15) is 0 Å². The van der Waals surface area contributed by atoms with E-state index in [1.54, 1.807) is 0 Å². The van der Waals surface area contributed by atoms with Crippen molar-refractivity contribution in [3.63, 3.8) is 0 Å². The van der Waals surface area contributed by atoms with Gasteiger partial charge < -0.3 is 5.73 Å². The van der Waals surface area contributed by atoms with E-state index in [-0.39, 0.29) is 5.54 Å². The molecular weight excluding hydrogens is 266 g/mol. The monoisotopic (exact) mass is 293 g/mol. The van der Waals surface area contributed by atoms with Gasteiger partial charge in [-0.15, -0.1) is 11.3 Å². The van der Waals surface area contributed by atoms with E-state index < -0.39 is 0 Å². The van der Waals surface area contributed by atoms with Crippen molar-refractivity contribution in [2.45, 2.75) is 50.7 Å². The van der Waals surface area contributed by atoms with Gasteiger partial charge >= 0.3 is 0 Å². The molecule has 2 saturated heterocycles. The highest BCUT2D eigenvalue weighted by molar-refractivity contribution is 7.09. The van der Waals surface area contributed by atoms with E-state index in [9.17, 15) is 0 Å². The maximum atomic E-state index is 6.32. The van der Waals surface area contributed by atoms with Crippen molar-refractivity contribution in [1.82, 2.24) is 9.80 Å². The Balaban J connectivity index is 1.82. The molecule has 2 aliphatic rings. The fourth-order valence-electron chi connectivity index (χ4n) is 4.28. The van der Waals surface area contributed by atoms with E-state index in [4.69, 9.17) is 5.73 Å². The number of thiophene rings is 1. The molecule has 2 fully saturated rings. The molecule has 4 heteroatoms. The SMILES string of the molecule is CCN(Cc1cccs1)C1(CN)CCN2CCCCC21. The Morgan fingerprint density at radius 2 is 2.35 bits per heavy atom. The van der Waals surface area contributed by atoms with Crippen LogP contribution in [0.25, 0.3) is 0 Å². The lowest BCUT2D eigenvalue weighted by Gasteiger charge is -2.47. The predicted octanol–water partition coefficient (Wildman–Crippen LogP) is 2.53. The molecule has 2 aliphatic heterocycles. The summed E-state index contributed by atoms with van der Waals surface area (Å²) in [5.74, 6) is 0. The minimum atomic E-state index is 0.208. The first-order valence-electron chi connectivity index (χ1n) is 8.01. The van der Waals surface area contributed by atoms with Gasteiger partial charge in [0.2, 0.25) is 0 Å². The zero-order chi connectivity index (χ0) is 14.0.